The fraction of sp³-hybridized carbons (Fsp3) is 0.545. The fourth-order valence-electron chi connectivity index (χ4n) is 3.19. The molecule has 0 unspecified atom stereocenters. The normalized spacial score (nSPS) is 16.0. The number of piperidine rings is 1. The highest BCUT2D eigenvalue weighted by Gasteiger charge is 2.30. The molecule has 1 aromatic rings. The van der Waals surface area contributed by atoms with Crippen LogP contribution in [0.1, 0.15) is 44.7 Å². The second kappa shape index (κ2) is 9.53. The molecule has 0 aromatic heterocycles. The lowest BCUT2D eigenvalue weighted by Gasteiger charge is -2.34. The van der Waals surface area contributed by atoms with Crippen molar-refractivity contribution < 1.29 is 27.5 Å². The van der Waals surface area contributed by atoms with Crippen LogP contribution < -0.4 is 0 Å². The second-order valence-corrected chi connectivity index (χ2v) is 8.58. The number of hydrogen-bond acceptors (Lipinski definition) is 3. The van der Waals surface area contributed by atoms with Crippen LogP contribution in [0.15, 0.2) is 30.3 Å². The van der Waals surface area contributed by atoms with Crippen LogP contribution in [-0.4, -0.2) is 54.1 Å². The van der Waals surface area contributed by atoms with E-state index in [1.54, 1.807) is 16.8 Å². The van der Waals surface area contributed by atoms with Gasteiger partial charge in [-0.15, -0.1) is 0 Å². The van der Waals surface area contributed by atoms with Crippen molar-refractivity contribution in [1.29, 1.82) is 0 Å². The summed E-state index contributed by atoms with van der Waals surface area (Å²) in [6.07, 6.45) is -0.291. The summed E-state index contributed by atoms with van der Waals surface area (Å²) in [5, 5.41) is 0. The molecule has 0 spiro atoms. The van der Waals surface area contributed by atoms with E-state index >= 15 is 0 Å². The van der Waals surface area contributed by atoms with Crippen LogP contribution in [0.3, 0.4) is 0 Å². The highest BCUT2D eigenvalue weighted by molar-refractivity contribution is 5.91. The molecular formula is C22H29F3N2O3. The van der Waals surface area contributed by atoms with Gasteiger partial charge in [0.25, 0.3) is 0 Å². The first-order chi connectivity index (χ1) is 13.8. The van der Waals surface area contributed by atoms with Crippen molar-refractivity contribution in [2.24, 2.45) is 5.92 Å². The van der Waals surface area contributed by atoms with Crippen LogP contribution in [0.5, 0.6) is 0 Å². The van der Waals surface area contributed by atoms with E-state index in [0.29, 0.717) is 25.2 Å². The topological polar surface area (TPSA) is 49.9 Å². The third kappa shape index (κ3) is 7.39. The largest absolute Gasteiger partial charge is 0.444 e. The highest BCUT2D eigenvalue weighted by Crippen LogP contribution is 2.29. The third-order valence-electron chi connectivity index (χ3n) is 4.82. The molecule has 5 nitrogen and oxygen atoms in total. The Hall–Kier alpha value is -2.51. The van der Waals surface area contributed by atoms with Gasteiger partial charge in [-0.1, -0.05) is 12.1 Å². The van der Waals surface area contributed by atoms with Gasteiger partial charge in [0.05, 0.1) is 5.56 Å². The molecule has 166 valence electrons. The first-order valence-corrected chi connectivity index (χ1v) is 9.93. The predicted molar refractivity (Wildman–Crippen MR) is 109 cm³/mol. The first kappa shape index (κ1) is 23.8. The van der Waals surface area contributed by atoms with E-state index in [1.807, 2.05) is 20.8 Å². The first-order valence-electron chi connectivity index (χ1n) is 9.93. The Labute approximate surface area is 175 Å². The van der Waals surface area contributed by atoms with Gasteiger partial charge < -0.3 is 14.5 Å². The number of benzene rings is 1. The summed E-state index contributed by atoms with van der Waals surface area (Å²) in [5.41, 5.74) is -0.727. The quantitative estimate of drug-likeness (QED) is 0.649. The Kier molecular flexibility index (Phi) is 7.55. The molecule has 0 bridgehead atoms. The van der Waals surface area contributed by atoms with Gasteiger partial charge in [0.1, 0.15) is 5.60 Å². The maximum atomic E-state index is 12.6. The van der Waals surface area contributed by atoms with E-state index in [2.05, 4.69) is 0 Å². The van der Waals surface area contributed by atoms with Crippen LogP contribution in [0, 0.1) is 5.92 Å². The lowest BCUT2D eigenvalue weighted by molar-refractivity contribution is -0.137. The Morgan fingerprint density at radius 2 is 1.70 bits per heavy atom. The van der Waals surface area contributed by atoms with E-state index in [9.17, 15) is 22.8 Å². The highest BCUT2D eigenvalue weighted by atomic mass is 19.4. The molecule has 8 heteroatoms. The summed E-state index contributed by atoms with van der Waals surface area (Å²) in [7, 11) is 1.71. The Bertz CT molecular complexity index is 759. The molecule has 1 heterocycles. The van der Waals surface area contributed by atoms with Crippen LogP contribution in [-0.2, 0) is 15.7 Å². The SMILES string of the molecule is CN(CC1CCN(C(=O)C=Cc2ccc(C(F)(F)F)cc2)CC1)C(=O)OC(C)(C)C. The zero-order valence-electron chi connectivity index (χ0n) is 17.8. The number of rotatable bonds is 4. The second-order valence-electron chi connectivity index (χ2n) is 8.58. The van der Waals surface area contributed by atoms with Gasteiger partial charge in [-0.3, -0.25) is 4.79 Å². The molecule has 0 atom stereocenters. The number of carbonyl (C=O) groups is 2. The summed E-state index contributed by atoms with van der Waals surface area (Å²) < 4.78 is 43.1. The molecule has 0 N–H and O–H groups in total. The van der Waals surface area contributed by atoms with Crippen molar-refractivity contribution >= 4 is 18.1 Å². The van der Waals surface area contributed by atoms with Gasteiger partial charge in [0, 0.05) is 32.8 Å². The van der Waals surface area contributed by atoms with Gasteiger partial charge in [0.2, 0.25) is 5.91 Å². The smallest absolute Gasteiger partial charge is 0.416 e. The van der Waals surface area contributed by atoms with E-state index in [0.717, 1.165) is 25.0 Å². The van der Waals surface area contributed by atoms with Crippen LogP contribution in [0.4, 0.5) is 18.0 Å². The number of alkyl halides is 3. The van der Waals surface area contributed by atoms with E-state index in [1.165, 1.54) is 24.3 Å². The maximum Gasteiger partial charge on any atom is 0.416 e. The van der Waals surface area contributed by atoms with Gasteiger partial charge >= 0.3 is 12.3 Å². The van der Waals surface area contributed by atoms with Crippen LogP contribution >= 0.6 is 0 Å². The predicted octanol–water partition coefficient (Wildman–Crippen LogP) is 4.82. The number of nitrogens with zero attached hydrogens (tertiary/aromatic N) is 2. The molecule has 1 aliphatic rings. The minimum Gasteiger partial charge on any atom is -0.444 e. The Balaban J connectivity index is 1.81. The Morgan fingerprint density at radius 1 is 1.13 bits per heavy atom. The summed E-state index contributed by atoms with van der Waals surface area (Å²) in [5.74, 6) is 0.110. The minimum atomic E-state index is -4.38. The number of carbonyl (C=O) groups excluding carboxylic acids is 2. The minimum absolute atomic E-state index is 0.172. The molecular weight excluding hydrogens is 397 g/mol. The zero-order chi connectivity index (χ0) is 22.5. The lowest BCUT2D eigenvalue weighted by atomic mass is 9.96. The molecule has 2 amide bonds. The average molecular weight is 426 g/mol. The number of amides is 2. The molecule has 1 aliphatic heterocycles. The van der Waals surface area contributed by atoms with E-state index in [4.69, 9.17) is 4.74 Å². The summed E-state index contributed by atoms with van der Waals surface area (Å²) >= 11 is 0. The van der Waals surface area contributed by atoms with Crippen molar-refractivity contribution in [2.75, 3.05) is 26.7 Å². The van der Waals surface area contributed by atoms with Gasteiger partial charge in [-0.05, 0) is 63.3 Å². The molecule has 1 fully saturated rings. The summed E-state index contributed by atoms with van der Waals surface area (Å²) in [6, 6.07) is 4.67. The maximum absolute atomic E-state index is 12.6. The Morgan fingerprint density at radius 3 is 2.20 bits per heavy atom. The average Bonchev–Trinajstić information content (AvgIpc) is 2.65. The van der Waals surface area contributed by atoms with Gasteiger partial charge in [0.15, 0.2) is 0 Å². The van der Waals surface area contributed by atoms with Gasteiger partial charge in [-0.2, -0.15) is 13.2 Å². The standard InChI is InChI=1S/C22H29F3N2O3/c1-21(2,3)30-20(29)26(4)15-17-11-13-27(14-12-17)19(28)10-7-16-5-8-18(9-6-16)22(23,24)25/h5-10,17H,11-15H2,1-4H3. The molecule has 30 heavy (non-hydrogen) atoms. The molecule has 2 rings (SSSR count). The number of ether oxygens (including phenoxy) is 1. The molecule has 0 radical (unpaired) electrons. The monoisotopic (exact) mass is 426 g/mol. The van der Waals surface area contributed by atoms with Crippen LogP contribution in [0.25, 0.3) is 6.08 Å². The summed E-state index contributed by atoms with van der Waals surface area (Å²) in [4.78, 5) is 27.7. The van der Waals surface area contributed by atoms with Crippen molar-refractivity contribution in [3.8, 4) is 0 Å². The number of hydrogen-bond donors (Lipinski definition) is 0. The van der Waals surface area contributed by atoms with Crippen LogP contribution in [0.2, 0.25) is 0 Å². The van der Waals surface area contributed by atoms with Crippen molar-refractivity contribution in [3.63, 3.8) is 0 Å². The van der Waals surface area contributed by atoms with E-state index < -0.39 is 17.3 Å². The lowest BCUT2D eigenvalue weighted by Crippen LogP contribution is -2.42. The van der Waals surface area contributed by atoms with Crippen molar-refractivity contribution in [2.45, 2.75) is 45.4 Å². The molecule has 0 saturated carbocycles. The number of likely N-dealkylation sites (tertiary alicyclic amines) is 1. The van der Waals surface area contributed by atoms with Crippen molar-refractivity contribution in [1.82, 2.24) is 9.80 Å². The van der Waals surface area contributed by atoms with E-state index in [-0.39, 0.29) is 17.9 Å². The van der Waals surface area contributed by atoms with Crippen molar-refractivity contribution in [3.05, 3.63) is 41.5 Å². The molecule has 1 aromatic carbocycles. The fourth-order valence-corrected chi connectivity index (χ4v) is 3.19. The zero-order valence-corrected chi connectivity index (χ0v) is 17.8. The molecule has 1 saturated heterocycles. The molecule has 0 aliphatic carbocycles. The summed E-state index contributed by atoms with van der Waals surface area (Å²) in [6.45, 7) is 7.17. The van der Waals surface area contributed by atoms with Gasteiger partial charge in [-0.25, -0.2) is 4.79 Å². The number of halogens is 3. The third-order valence-corrected chi connectivity index (χ3v) is 4.82.